The number of likely N-dealkylation sites (tertiary alicyclic amines) is 1. The highest BCUT2D eigenvalue weighted by Gasteiger charge is 2.37. The van der Waals surface area contributed by atoms with E-state index >= 15 is 0 Å². The largest absolute Gasteiger partial charge is 0.325 e. The first kappa shape index (κ1) is 23.0. The van der Waals surface area contributed by atoms with Crippen molar-refractivity contribution < 1.29 is 4.79 Å². The number of rotatable bonds is 8. The maximum Gasteiger partial charge on any atom is 0.241 e. The number of aromatic nitrogens is 2. The number of carbonyl (C=O) groups excluding carboxylic acids is 1. The number of pyridine rings is 1. The van der Waals surface area contributed by atoms with E-state index in [2.05, 4.69) is 44.5 Å². The molecule has 1 fully saturated rings. The lowest BCUT2D eigenvalue weighted by Gasteiger charge is -2.23. The first-order chi connectivity index (χ1) is 16.6. The molecule has 0 aliphatic carbocycles. The normalized spacial score (nSPS) is 18.4. The van der Waals surface area contributed by atoms with Crippen molar-refractivity contribution in [3.63, 3.8) is 0 Å². The van der Waals surface area contributed by atoms with E-state index < -0.39 is 0 Å². The van der Waals surface area contributed by atoms with Crippen molar-refractivity contribution in [3.05, 3.63) is 83.5 Å². The van der Waals surface area contributed by atoms with Gasteiger partial charge in [0.2, 0.25) is 5.91 Å². The van der Waals surface area contributed by atoms with E-state index in [0.29, 0.717) is 5.25 Å². The third-order valence-corrected chi connectivity index (χ3v) is 8.22. The molecule has 0 bridgehead atoms. The van der Waals surface area contributed by atoms with E-state index in [4.69, 9.17) is 0 Å². The van der Waals surface area contributed by atoms with Gasteiger partial charge in [-0.15, -0.1) is 23.1 Å². The number of benzene rings is 2. The monoisotopic (exact) mass is 488 g/mol. The third-order valence-electron chi connectivity index (χ3n) is 6.11. The van der Waals surface area contributed by atoms with Crippen LogP contribution in [0.15, 0.2) is 78.0 Å². The van der Waals surface area contributed by atoms with Gasteiger partial charge in [-0.3, -0.25) is 9.69 Å². The minimum absolute atomic E-state index is 0.0649. The maximum absolute atomic E-state index is 13.4. The molecule has 34 heavy (non-hydrogen) atoms. The lowest BCUT2D eigenvalue weighted by molar-refractivity contribution is -0.120. The Morgan fingerprint density at radius 2 is 2.00 bits per heavy atom. The number of thioether (sulfide) groups is 1. The number of amides is 1. The highest BCUT2D eigenvalue weighted by molar-refractivity contribution is 7.99. The Morgan fingerprint density at radius 3 is 2.82 bits per heavy atom. The molecule has 2 atom stereocenters. The zero-order valence-electron chi connectivity index (χ0n) is 19.2. The molecule has 0 spiro atoms. The van der Waals surface area contributed by atoms with Crippen molar-refractivity contribution in [1.82, 2.24) is 14.9 Å². The number of hydrogen-bond donors (Lipinski definition) is 1. The van der Waals surface area contributed by atoms with E-state index in [1.54, 1.807) is 23.1 Å². The number of thiazole rings is 1. The topological polar surface area (TPSA) is 58.1 Å². The summed E-state index contributed by atoms with van der Waals surface area (Å²) in [5.41, 5.74) is 3.09. The molecule has 2 aromatic heterocycles. The van der Waals surface area contributed by atoms with Crippen molar-refractivity contribution in [2.75, 3.05) is 18.4 Å². The summed E-state index contributed by atoms with van der Waals surface area (Å²) >= 11 is 3.45. The average molecular weight is 489 g/mol. The standard InChI is InChI=1S/C27H28N4OS2/c1-19-29-23-16-21(12-13-25(23)33-19)30-27(32)24-17-22(34-26-11-5-6-14-28-26)18-31(24)15-7-10-20-8-3-2-4-9-20/h2-6,8-9,11-14,16,22,24H,7,10,15,17-18H2,1H3,(H,30,32)/t22-,24+/m1/s1. The Bertz CT molecular complexity index is 1250. The van der Waals surface area contributed by atoms with Crippen LogP contribution in [-0.2, 0) is 11.2 Å². The predicted octanol–water partition coefficient (Wildman–Crippen LogP) is 5.81. The summed E-state index contributed by atoms with van der Waals surface area (Å²) < 4.78 is 1.14. The van der Waals surface area contributed by atoms with Gasteiger partial charge < -0.3 is 5.32 Å². The SMILES string of the molecule is Cc1nc2cc(NC(=O)[C@@H]3C[C@@H](Sc4ccccn4)CN3CCCc3ccccc3)ccc2s1. The van der Waals surface area contributed by atoms with Crippen LogP contribution in [0, 0.1) is 6.92 Å². The van der Waals surface area contributed by atoms with Crippen LogP contribution in [0.2, 0.25) is 0 Å². The molecule has 5 nitrogen and oxygen atoms in total. The molecule has 0 saturated carbocycles. The summed E-state index contributed by atoms with van der Waals surface area (Å²) in [6.45, 7) is 3.79. The van der Waals surface area contributed by atoms with E-state index in [1.807, 2.05) is 55.6 Å². The second-order valence-corrected chi connectivity index (χ2v) is 11.2. The highest BCUT2D eigenvalue weighted by atomic mass is 32.2. The molecule has 2 aromatic carbocycles. The molecule has 4 aromatic rings. The second-order valence-electron chi connectivity index (χ2n) is 8.65. The molecular formula is C27H28N4OS2. The van der Waals surface area contributed by atoms with E-state index in [0.717, 1.165) is 58.3 Å². The summed E-state index contributed by atoms with van der Waals surface area (Å²) in [7, 11) is 0. The zero-order chi connectivity index (χ0) is 23.3. The minimum atomic E-state index is -0.148. The smallest absolute Gasteiger partial charge is 0.241 e. The van der Waals surface area contributed by atoms with Gasteiger partial charge in [-0.05, 0) is 68.6 Å². The molecule has 7 heteroatoms. The predicted molar refractivity (Wildman–Crippen MR) is 142 cm³/mol. The molecule has 3 heterocycles. The number of fused-ring (bicyclic) bond motifs is 1. The fourth-order valence-electron chi connectivity index (χ4n) is 4.53. The zero-order valence-corrected chi connectivity index (χ0v) is 20.8. The van der Waals surface area contributed by atoms with Crippen molar-refractivity contribution in [1.29, 1.82) is 0 Å². The lowest BCUT2D eigenvalue weighted by Crippen LogP contribution is -2.40. The fourth-order valence-corrected chi connectivity index (χ4v) is 6.50. The van der Waals surface area contributed by atoms with E-state index in [-0.39, 0.29) is 11.9 Å². The molecule has 174 valence electrons. The summed E-state index contributed by atoms with van der Waals surface area (Å²) in [5.74, 6) is 0.0649. The molecule has 0 unspecified atom stereocenters. The molecule has 1 aliphatic heterocycles. The van der Waals surface area contributed by atoms with Gasteiger partial charge in [0, 0.05) is 23.7 Å². The number of nitrogens with one attached hydrogen (secondary N) is 1. The van der Waals surface area contributed by atoms with Crippen LogP contribution in [0.3, 0.4) is 0 Å². The summed E-state index contributed by atoms with van der Waals surface area (Å²) in [6, 6.07) is 22.4. The Hall–Kier alpha value is -2.74. The van der Waals surface area contributed by atoms with Crippen LogP contribution in [0.25, 0.3) is 10.2 Å². The van der Waals surface area contributed by atoms with Crippen molar-refractivity contribution in [2.24, 2.45) is 0 Å². The van der Waals surface area contributed by atoms with Crippen LogP contribution in [0.1, 0.15) is 23.4 Å². The number of carbonyl (C=O) groups is 1. The summed E-state index contributed by atoms with van der Waals surface area (Å²) in [5, 5.41) is 5.56. The average Bonchev–Trinajstić information content (AvgIpc) is 3.42. The Morgan fingerprint density at radius 1 is 1.15 bits per heavy atom. The van der Waals surface area contributed by atoms with Crippen LogP contribution < -0.4 is 5.32 Å². The van der Waals surface area contributed by atoms with E-state index in [9.17, 15) is 4.79 Å². The van der Waals surface area contributed by atoms with Gasteiger partial charge in [0.25, 0.3) is 0 Å². The third kappa shape index (κ3) is 5.66. The van der Waals surface area contributed by atoms with Crippen molar-refractivity contribution in [2.45, 2.75) is 42.5 Å². The molecule has 1 N–H and O–H groups in total. The van der Waals surface area contributed by atoms with Gasteiger partial charge in [-0.1, -0.05) is 36.4 Å². The van der Waals surface area contributed by atoms with Gasteiger partial charge in [0.05, 0.1) is 26.3 Å². The summed E-state index contributed by atoms with van der Waals surface area (Å²) in [6.07, 6.45) is 4.69. The molecule has 1 amide bonds. The van der Waals surface area contributed by atoms with Gasteiger partial charge in [0.15, 0.2) is 0 Å². The number of hydrogen-bond acceptors (Lipinski definition) is 6. The van der Waals surface area contributed by atoms with Crippen LogP contribution in [-0.4, -0.2) is 45.2 Å². The van der Waals surface area contributed by atoms with Crippen molar-refractivity contribution >= 4 is 44.9 Å². The lowest BCUT2D eigenvalue weighted by atomic mass is 10.1. The van der Waals surface area contributed by atoms with Gasteiger partial charge in [-0.2, -0.15) is 0 Å². The van der Waals surface area contributed by atoms with Gasteiger partial charge in [-0.25, -0.2) is 9.97 Å². The maximum atomic E-state index is 13.4. The molecule has 1 aliphatic rings. The first-order valence-corrected chi connectivity index (χ1v) is 13.4. The van der Waals surface area contributed by atoms with Gasteiger partial charge >= 0.3 is 0 Å². The highest BCUT2D eigenvalue weighted by Crippen LogP contribution is 2.33. The van der Waals surface area contributed by atoms with Crippen LogP contribution in [0.4, 0.5) is 5.69 Å². The fraction of sp³-hybridized carbons (Fsp3) is 0.296. The minimum Gasteiger partial charge on any atom is -0.325 e. The quantitative estimate of drug-likeness (QED) is 0.339. The Balaban J connectivity index is 1.27. The number of nitrogens with zero attached hydrogens (tertiary/aromatic N) is 3. The Labute approximate surface area is 208 Å². The molecule has 1 saturated heterocycles. The van der Waals surface area contributed by atoms with Gasteiger partial charge in [0.1, 0.15) is 0 Å². The second kappa shape index (κ2) is 10.7. The number of anilines is 1. The molecular weight excluding hydrogens is 460 g/mol. The van der Waals surface area contributed by atoms with E-state index in [1.165, 1.54) is 5.56 Å². The van der Waals surface area contributed by atoms with Crippen molar-refractivity contribution in [3.8, 4) is 0 Å². The molecule has 5 rings (SSSR count). The molecule has 0 radical (unpaired) electrons. The number of aryl methyl sites for hydroxylation is 2. The van der Waals surface area contributed by atoms with Crippen LogP contribution in [0.5, 0.6) is 0 Å². The first-order valence-electron chi connectivity index (χ1n) is 11.7. The Kier molecular flexibility index (Phi) is 7.23. The summed E-state index contributed by atoms with van der Waals surface area (Å²) in [4.78, 5) is 24.8. The van der Waals surface area contributed by atoms with Crippen LogP contribution >= 0.6 is 23.1 Å².